The van der Waals surface area contributed by atoms with Gasteiger partial charge in [0.1, 0.15) is 0 Å². The lowest BCUT2D eigenvalue weighted by Gasteiger charge is -2.35. The molecule has 0 bridgehead atoms. The smallest absolute Gasteiger partial charge is 0.247 e. The highest BCUT2D eigenvalue weighted by Crippen LogP contribution is 2.39. The summed E-state index contributed by atoms with van der Waals surface area (Å²) in [7, 11) is 23.6. The van der Waals surface area contributed by atoms with Gasteiger partial charge in [-0.3, -0.25) is 19.9 Å². The molecule has 0 unspecified atom stereocenters. The number of fused-ring (bicyclic) bond motifs is 6. The van der Waals surface area contributed by atoms with Gasteiger partial charge in [0.15, 0.2) is 8.07 Å². The number of benzene rings is 10. The first-order chi connectivity index (χ1) is 62.2. The molecule has 18 aromatic rings. The molecule has 634 valence electrons. The molecule has 8 nitrogen and oxygen atoms in total. The van der Waals surface area contributed by atoms with Crippen LogP contribution in [-0.4, -0.2) is 55.3 Å². The van der Waals surface area contributed by atoms with Crippen LogP contribution in [0.4, 0.5) is 0 Å². The van der Waals surface area contributed by atoms with Crippen molar-refractivity contribution in [3.05, 3.63) is 393 Å². The molecule has 10 aromatic carbocycles. The molecule has 0 saturated carbocycles. The third-order valence-electron chi connectivity index (χ3n) is 19.3. The zero-order valence-electron chi connectivity index (χ0n) is 65.3. The van der Waals surface area contributed by atoms with E-state index in [-0.39, 0.29) is 7.43 Å². The number of halogens is 2. The molecule has 0 aliphatic carbocycles. The highest BCUT2D eigenvalue weighted by atomic mass is 79.9. The Morgan fingerprint density at radius 2 is 0.472 bits per heavy atom. The second kappa shape index (κ2) is 51.3. The molecule has 0 N–H and O–H groups in total. The monoisotopic (exact) mass is 2170 g/mol. The third-order valence-corrected chi connectivity index (χ3v) is 65.7. The van der Waals surface area contributed by atoms with Gasteiger partial charge in [-0.2, -0.15) is 0 Å². The fourth-order valence-corrected chi connectivity index (χ4v) is 62.2. The van der Waals surface area contributed by atoms with Gasteiger partial charge in [0.2, 0.25) is 7.38 Å². The zero-order chi connectivity index (χ0) is 86.8. The van der Waals surface area contributed by atoms with Gasteiger partial charge in [-0.15, -0.1) is 11.1 Å². The van der Waals surface area contributed by atoms with Crippen LogP contribution in [0.1, 0.15) is 7.43 Å². The number of rotatable bonds is 13. The molecule has 8 aromatic heterocycles. The Balaban J connectivity index is 0.000000155. The summed E-state index contributed by atoms with van der Waals surface area (Å²) in [5, 5.41) is 13.0. The molecule has 18 rings (SSSR count). The second-order valence-corrected chi connectivity index (χ2v) is 67.5. The molecular weight excluding hydrogens is 2110 g/mol. The van der Waals surface area contributed by atoms with Crippen molar-refractivity contribution in [3.63, 3.8) is 0 Å². The van der Waals surface area contributed by atoms with Crippen LogP contribution in [0.25, 0.3) is 111 Å². The van der Waals surface area contributed by atoms with E-state index >= 15 is 0 Å². The van der Waals surface area contributed by atoms with Crippen molar-refractivity contribution >= 4 is 327 Å². The fraction of sp³-hybridized carbons (Fsp3) is 0.0108. The number of nitrogens with zero attached hydrogens (tertiary/aromatic N) is 8. The molecule has 0 fully saturated rings. The molecule has 0 atom stereocenters. The Labute approximate surface area is 824 Å². The van der Waals surface area contributed by atoms with Crippen molar-refractivity contribution in [1.29, 1.82) is 0 Å². The molecule has 0 aliphatic heterocycles. The van der Waals surface area contributed by atoms with Gasteiger partial charge in [-0.05, 0) is 131 Å². The summed E-state index contributed by atoms with van der Waals surface area (Å²) in [6.45, 7) is 0. The van der Waals surface area contributed by atoms with Crippen LogP contribution < -0.4 is 36.3 Å². The van der Waals surface area contributed by atoms with Crippen molar-refractivity contribution in [3.8, 4) is 67.8 Å². The summed E-state index contributed by atoms with van der Waals surface area (Å²) in [6, 6.07) is 126. The maximum Gasteiger partial charge on any atom is 0.247 e. The molecule has 127 heavy (non-hydrogen) atoms. The minimum Gasteiger partial charge on any atom is -0.255 e. The van der Waals surface area contributed by atoms with Gasteiger partial charge >= 0.3 is 0 Å². The van der Waals surface area contributed by atoms with Crippen molar-refractivity contribution < 1.29 is 0 Å². The zero-order valence-corrected chi connectivity index (χ0v) is 87.6. The van der Waals surface area contributed by atoms with E-state index < -0.39 is 15.5 Å². The topological polar surface area (TPSA) is 103 Å². The Bertz CT molecular complexity index is 7490. The molecule has 0 saturated heterocycles. The number of aromatic nitrogens is 8. The molecule has 8 heterocycles. The quantitative estimate of drug-likeness (QED) is 0.0475. The number of hydrogen-bond acceptors (Lipinski definition) is 12. The number of pyridine rings is 8. The van der Waals surface area contributed by atoms with Crippen molar-refractivity contribution in [1.82, 2.24) is 39.9 Å². The number of hydrogen-bond donors (Lipinski definition) is 0. The van der Waals surface area contributed by atoms with Crippen molar-refractivity contribution in [2.45, 2.75) is 7.43 Å². The SMILES string of the molecule is Brc1cc(-c2ccccn2)nc2c1ccc1c(-c3ccccc3)cc(-c3ccccn3)nc12.C.Cl[Si](c1ccccc1)(c1ccccc1)c1ccccc1.S=S=S=S=S=S=S=S=S=S.S=S=S=S=S=S=S=S=S=S=S=S.c1ccc(-c2cc(-c3ccccn3)nc3c2ccc2c([Si](c4ccccc4)(c4ccccc4)c4ccccc4)cc(-c4ccccn4)nc23)cc1. The molecular formula is C93H68BrClN8S22Si2. The lowest BCUT2D eigenvalue weighted by molar-refractivity contribution is 1.26. The maximum absolute atomic E-state index is 7.25. The summed E-state index contributed by atoms with van der Waals surface area (Å²) in [5.74, 6) is 0. The van der Waals surface area contributed by atoms with Crippen LogP contribution in [-0.2, 0) is 205 Å². The molecule has 0 amide bonds. The lowest BCUT2D eigenvalue weighted by atomic mass is 9.98. The Morgan fingerprint density at radius 3 is 0.764 bits per heavy atom. The van der Waals surface area contributed by atoms with Crippen molar-refractivity contribution in [2.24, 2.45) is 0 Å². The van der Waals surface area contributed by atoms with Crippen LogP contribution in [0, 0.1) is 0 Å². The third kappa shape index (κ3) is 25.2. The Morgan fingerprint density at radius 1 is 0.236 bits per heavy atom. The summed E-state index contributed by atoms with van der Waals surface area (Å²) < 4.78 is 0.960. The lowest BCUT2D eigenvalue weighted by Crippen LogP contribution is -2.75. The van der Waals surface area contributed by atoms with E-state index in [0.717, 1.165) is 116 Å². The molecule has 0 aliphatic rings. The molecule has 0 radical (unpaired) electrons. The predicted octanol–water partition coefficient (Wildman–Crippen LogP) is 18.8. The first-order valence-electron chi connectivity index (χ1n) is 37.7. The normalized spacial score (nSPS) is 10.5. The minimum atomic E-state index is -2.98. The average molecular weight is 2170 g/mol. The predicted molar refractivity (Wildman–Crippen MR) is 608 cm³/mol. The van der Waals surface area contributed by atoms with E-state index in [0.29, 0.717) is 0 Å². The minimum absolute atomic E-state index is 0. The first kappa shape index (κ1) is 97.0. The fourth-order valence-electron chi connectivity index (χ4n) is 14.2. The van der Waals surface area contributed by atoms with Crippen LogP contribution in [0.3, 0.4) is 0 Å². The van der Waals surface area contributed by atoms with Crippen LogP contribution in [0.5, 0.6) is 0 Å². The average Bonchev–Trinajstić information content (AvgIpc) is 0.712. The highest BCUT2D eigenvalue weighted by Gasteiger charge is 2.43. The summed E-state index contributed by atoms with van der Waals surface area (Å²) in [4.78, 5) is 39.6. The summed E-state index contributed by atoms with van der Waals surface area (Å²) in [5.41, 5.74) is 14.3. The maximum atomic E-state index is 7.25. The van der Waals surface area contributed by atoms with Crippen molar-refractivity contribution in [2.75, 3.05) is 0 Å². The standard InChI is InChI=1S/C46H32N4Si.C28H17BrN4.C18H15ClSi.CH4.S12.S10/c1-5-17-33(18-6-1)39-31-42(40-25-13-15-29-47-40)49-45-37(39)27-28-38-44(32-43(50-46(38)45)41-26-14-16-30-48-41)51(34-19-7-2-8-20-34,35-21-9-3-10-22-35)36-23-11-4-12-24-36;29-22-17-26(24-11-5-7-15-31-24)33-28-20(22)13-12-19-21(18-8-2-1-3-9-18)16-25(32-27(19)28)23-10-4-6-14-30-23;19-20(16-10-4-1-5-11-16,17-12-6-2-7-13-17)18-14-8-3-9-15-18;;1-3-5-7-9-11-12-10-8-6-4-2;1-3-5-7-9-10-8-6-4-2/h1-32H;1-17H;1-15H;1H4;;. The van der Waals surface area contributed by atoms with E-state index in [1.165, 1.54) is 71.8 Å². The second-order valence-electron chi connectivity index (χ2n) is 26.3. The van der Waals surface area contributed by atoms with Crippen LogP contribution >= 0.6 is 27.0 Å². The van der Waals surface area contributed by atoms with E-state index in [4.69, 9.17) is 41.0 Å². The largest absolute Gasteiger partial charge is 0.255 e. The van der Waals surface area contributed by atoms with Gasteiger partial charge in [-0.25, -0.2) is 19.9 Å². The summed E-state index contributed by atoms with van der Waals surface area (Å²) in [6.07, 6.45) is 7.23. The highest BCUT2D eigenvalue weighted by molar-refractivity contribution is 9.10. The van der Waals surface area contributed by atoms with E-state index in [2.05, 4.69) is 332 Å². The first-order valence-corrected chi connectivity index (χ1v) is 70.2. The van der Waals surface area contributed by atoms with E-state index in [1.807, 2.05) is 116 Å². The van der Waals surface area contributed by atoms with Gasteiger partial charge < -0.3 is 0 Å². The Hall–Kier alpha value is -7.52. The van der Waals surface area contributed by atoms with Crippen LogP contribution in [0.2, 0.25) is 0 Å². The van der Waals surface area contributed by atoms with Gasteiger partial charge in [0, 0.05) is 255 Å². The van der Waals surface area contributed by atoms with Gasteiger partial charge in [-0.1, -0.05) is 315 Å². The van der Waals surface area contributed by atoms with Crippen LogP contribution in [0.15, 0.2) is 393 Å². The Kier molecular flexibility index (Phi) is 39.2. The molecule has 34 heteroatoms. The summed E-state index contributed by atoms with van der Waals surface area (Å²) >= 11 is 29.7. The van der Waals surface area contributed by atoms with Gasteiger partial charge in [0.05, 0.1) is 67.6 Å². The molecule has 0 spiro atoms. The van der Waals surface area contributed by atoms with E-state index in [9.17, 15) is 0 Å². The van der Waals surface area contributed by atoms with E-state index in [1.54, 1.807) is 137 Å². The van der Waals surface area contributed by atoms with Gasteiger partial charge in [0.25, 0.3) is 0 Å².